The van der Waals surface area contributed by atoms with Gasteiger partial charge in [-0.2, -0.15) is 0 Å². The Balaban J connectivity index is 2.37. The maximum Gasteiger partial charge on any atom is 0.435 e. The fourth-order valence-corrected chi connectivity index (χ4v) is 1.73. The van der Waals surface area contributed by atoms with E-state index in [1.54, 1.807) is 0 Å². The van der Waals surface area contributed by atoms with Crippen molar-refractivity contribution in [1.29, 1.82) is 0 Å². The third-order valence-electron chi connectivity index (χ3n) is 2.65. The van der Waals surface area contributed by atoms with E-state index in [0.717, 1.165) is 17.4 Å². The molecule has 2 N–H and O–H groups in total. The number of aromatic nitrogens is 4. The van der Waals surface area contributed by atoms with Gasteiger partial charge in [-0.05, 0) is 22.7 Å². The summed E-state index contributed by atoms with van der Waals surface area (Å²) in [5, 5.41) is 10.5. The van der Waals surface area contributed by atoms with Crippen LogP contribution >= 0.6 is 0 Å². The van der Waals surface area contributed by atoms with Gasteiger partial charge in [0.25, 0.3) is 11.2 Å². The zero-order valence-corrected chi connectivity index (χ0v) is 8.47. The Morgan fingerprint density at radius 3 is 2.65 bits per heavy atom. The third-order valence-corrected chi connectivity index (χ3v) is 2.65. The third kappa shape index (κ3) is 1.35. The lowest BCUT2D eigenvalue weighted by Gasteiger charge is -1.98. The topological polar surface area (TPSA) is 127 Å². The van der Waals surface area contributed by atoms with Crippen molar-refractivity contribution < 1.29 is 4.92 Å². The van der Waals surface area contributed by atoms with Crippen LogP contribution < -0.4 is 11.2 Å². The lowest BCUT2D eigenvalue weighted by Crippen LogP contribution is -2.34. The minimum atomic E-state index is -0.751. The first-order valence-corrected chi connectivity index (χ1v) is 4.97. The quantitative estimate of drug-likeness (QED) is 0.545. The Bertz CT molecular complexity index is 734. The van der Waals surface area contributed by atoms with Crippen LogP contribution in [0.25, 0.3) is 11.2 Å². The molecular formula is C8H7N5O4. The lowest BCUT2D eigenvalue weighted by atomic mass is 10.5. The summed E-state index contributed by atoms with van der Waals surface area (Å²) in [4.78, 5) is 41.5. The van der Waals surface area contributed by atoms with Gasteiger partial charge in [-0.1, -0.05) is 0 Å². The van der Waals surface area contributed by atoms with Crippen molar-refractivity contribution in [2.45, 2.75) is 18.9 Å². The summed E-state index contributed by atoms with van der Waals surface area (Å²) in [6, 6.07) is -0.0991. The smallest absolute Gasteiger partial charge is 0.390 e. The van der Waals surface area contributed by atoms with Gasteiger partial charge in [0.05, 0.1) is 0 Å². The normalized spacial score (nSPS) is 15.3. The van der Waals surface area contributed by atoms with Crippen LogP contribution in [0.4, 0.5) is 5.95 Å². The summed E-state index contributed by atoms with van der Waals surface area (Å²) in [5.41, 5.74) is -1.26. The molecule has 0 unspecified atom stereocenters. The van der Waals surface area contributed by atoms with E-state index >= 15 is 0 Å². The van der Waals surface area contributed by atoms with E-state index in [2.05, 4.69) is 15.0 Å². The van der Waals surface area contributed by atoms with Gasteiger partial charge in [-0.25, -0.2) is 9.78 Å². The number of nitrogens with one attached hydrogen (secondary N) is 2. The van der Waals surface area contributed by atoms with Gasteiger partial charge in [0.15, 0.2) is 0 Å². The maximum atomic E-state index is 11.9. The molecular weight excluding hydrogens is 230 g/mol. The molecule has 0 bridgehead atoms. The number of hydrogen-bond donors (Lipinski definition) is 2. The van der Waals surface area contributed by atoms with Crippen molar-refractivity contribution in [3.8, 4) is 0 Å². The fourth-order valence-electron chi connectivity index (χ4n) is 1.73. The zero-order chi connectivity index (χ0) is 12.2. The van der Waals surface area contributed by atoms with E-state index in [4.69, 9.17) is 0 Å². The second kappa shape index (κ2) is 3.03. The van der Waals surface area contributed by atoms with Gasteiger partial charge in [-0.3, -0.25) is 14.3 Å². The molecule has 1 fully saturated rings. The largest absolute Gasteiger partial charge is 0.435 e. The van der Waals surface area contributed by atoms with Crippen molar-refractivity contribution in [3.63, 3.8) is 0 Å². The Morgan fingerprint density at radius 2 is 2.06 bits per heavy atom. The van der Waals surface area contributed by atoms with Gasteiger partial charge in [0, 0.05) is 6.04 Å². The minimum absolute atomic E-state index is 0.0387. The predicted octanol–water partition coefficient (Wildman–Crippen LogP) is -0.344. The molecule has 0 aliphatic heterocycles. The molecule has 1 aliphatic carbocycles. The average Bonchev–Trinajstić information content (AvgIpc) is 2.97. The number of imidazole rings is 1. The van der Waals surface area contributed by atoms with Crippen LogP contribution in [0, 0.1) is 10.1 Å². The molecule has 1 saturated carbocycles. The molecule has 17 heavy (non-hydrogen) atoms. The van der Waals surface area contributed by atoms with Gasteiger partial charge in [-0.15, -0.1) is 0 Å². The Hall–Kier alpha value is -2.45. The number of nitrogens with zero attached hydrogens (tertiary/aromatic N) is 3. The maximum absolute atomic E-state index is 11.9. The average molecular weight is 237 g/mol. The standard InChI is InChI=1S/C8H7N5O4/c14-6-4-5(10-7(9-4)13(16)17)11-8(15)12(6)3-1-2-3/h3H,1-2H2,(H,9,10)(H,11,15). The summed E-state index contributed by atoms with van der Waals surface area (Å²) in [6.07, 6.45) is 1.54. The molecule has 9 nitrogen and oxygen atoms in total. The number of fused-ring (bicyclic) bond motifs is 1. The summed E-state index contributed by atoms with van der Waals surface area (Å²) in [5.74, 6) is -0.554. The summed E-state index contributed by atoms with van der Waals surface area (Å²) < 4.78 is 1.07. The number of aromatic amines is 2. The first-order chi connectivity index (χ1) is 8.08. The van der Waals surface area contributed by atoms with Crippen molar-refractivity contribution in [1.82, 2.24) is 19.5 Å². The van der Waals surface area contributed by atoms with E-state index in [0.29, 0.717) is 0 Å². The molecule has 2 aromatic heterocycles. The molecule has 9 heteroatoms. The Morgan fingerprint density at radius 1 is 1.35 bits per heavy atom. The highest BCUT2D eigenvalue weighted by atomic mass is 16.6. The van der Waals surface area contributed by atoms with Crippen molar-refractivity contribution in [2.75, 3.05) is 0 Å². The first kappa shape index (κ1) is 9.75. The molecule has 1 aliphatic rings. The van der Waals surface area contributed by atoms with Crippen LogP contribution in [0.1, 0.15) is 18.9 Å². The SMILES string of the molecule is O=c1[nH]c2nc([N+](=O)[O-])[nH]c2c(=O)n1C1CC1. The molecule has 2 heterocycles. The molecule has 0 spiro atoms. The zero-order valence-electron chi connectivity index (χ0n) is 8.47. The van der Waals surface area contributed by atoms with E-state index in [1.807, 2.05) is 0 Å². The summed E-state index contributed by atoms with van der Waals surface area (Å²) >= 11 is 0. The molecule has 0 aromatic carbocycles. The molecule has 0 saturated heterocycles. The van der Waals surface area contributed by atoms with E-state index < -0.39 is 22.1 Å². The van der Waals surface area contributed by atoms with Gasteiger partial charge < -0.3 is 10.1 Å². The van der Waals surface area contributed by atoms with Crippen LogP contribution in [0.5, 0.6) is 0 Å². The van der Waals surface area contributed by atoms with Crippen molar-refractivity contribution in [2.24, 2.45) is 0 Å². The number of nitro groups is 1. The second-order valence-corrected chi connectivity index (χ2v) is 3.88. The molecule has 88 valence electrons. The predicted molar refractivity (Wildman–Crippen MR) is 55.9 cm³/mol. The molecule has 0 radical (unpaired) electrons. The van der Waals surface area contributed by atoms with Crippen LogP contribution in [-0.2, 0) is 0 Å². The van der Waals surface area contributed by atoms with Crippen LogP contribution in [0.3, 0.4) is 0 Å². The highest BCUT2D eigenvalue weighted by molar-refractivity contribution is 5.70. The second-order valence-electron chi connectivity index (χ2n) is 3.88. The monoisotopic (exact) mass is 237 g/mol. The molecule has 3 rings (SSSR count). The number of rotatable bonds is 2. The molecule has 2 aromatic rings. The molecule has 0 amide bonds. The van der Waals surface area contributed by atoms with E-state index in [9.17, 15) is 19.7 Å². The van der Waals surface area contributed by atoms with Crippen molar-refractivity contribution >= 4 is 17.1 Å². The van der Waals surface area contributed by atoms with Crippen molar-refractivity contribution in [3.05, 3.63) is 31.0 Å². The van der Waals surface area contributed by atoms with Gasteiger partial charge in [0.2, 0.25) is 5.52 Å². The summed E-state index contributed by atoms with van der Waals surface area (Å²) in [7, 11) is 0. The number of hydrogen-bond acceptors (Lipinski definition) is 5. The minimum Gasteiger partial charge on any atom is -0.390 e. The van der Waals surface area contributed by atoms with Gasteiger partial charge >= 0.3 is 11.6 Å². The highest BCUT2D eigenvalue weighted by Gasteiger charge is 2.29. The fraction of sp³-hybridized carbons (Fsp3) is 0.375. The van der Waals surface area contributed by atoms with Crippen LogP contribution in [0.15, 0.2) is 9.59 Å². The first-order valence-electron chi connectivity index (χ1n) is 4.97. The van der Waals surface area contributed by atoms with Crippen LogP contribution in [-0.4, -0.2) is 24.4 Å². The van der Waals surface area contributed by atoms with E-state index in [1.165, 1.54) is 0 Å². The van der Waals surface area contributed by atoms with E-state index in [-0.39, 0.29) is 17.2 Å². The number of H-pyrrole nitrogens is 2. The summed E-state index contributed by atoms with van der Waals surface area (Å²) in [6.45, 7) is 0. The molecule has 0 atom stereocenters. The highest BCUT2D eigenvalue weighted by Crippen LogP contribution is 2.32. The lowest BCUT2D eigenvalue weighted by molar-refractivity contribution is -0.393. The van der Waals surface area contributed by atoms with Gasteiger partial charge in [0.1, 0.15) is 0 Å². The Kier molecular flexibility index (Phi) is 1.74. The Labute approximate surface area is 92.3 Å². The van der Waals surface area contributed by atoms with Crippen LogP contribution in [0.2, 0.25) is 0 Å².